The van der Waals surface area contributed by atoms with Crippen LogP contribution >= 0.6 is 35.0 Å². The Labute approximate surface area is 195 Å². The first-order valence-electron chi connectivity index (χ1n) is 9.53. The molecular formula is C21H22Cl2N4O3S. The first-order chi connectivity index (χ1) is 14.9. The fourth-order valence-electron chi connectivity index (χ4n) is 2.87. The quantitative estimate of drug-likeness (QED) is 0.408. The van der Waals surface area contributed by atoms with Gasteiger partial charge in [-0.1, -0.05) is 47.1 Å². The number of nitrogens with one attached hydrogen (secondary N) is 1. The average Bonchev–Trinajstić information content (AvgIpc) is 3.18. The third-order valence-corrected chi connectivity index (χ3v) is 5.86. The van der Waals surface area contributed by atoms with Crippen LogP contribution < -0.4 is 14.8 Å². The van der Waals surface area contributed by atoms with Gasteiger partial charge in [0.25, 0.3) is 0 Å². The van der Waals surface area contributed by atoms with Crippen molar-refractivity contribution in [2.45, 2.75) is 31.7 Å². The van der Waals surface area contributed by atoms with Crippen LogP contribution in [0.2, 0.25) is 10.0 Å². The summed E-state index contributed by atoms with van der Waals surface area (Å²) in [6.45, 7) is 4.51. The molecule has 1 unspecified atom stereocenters. The lowest BCUT2D eigenvalue weighted by Crippen LogP contribution is -2.15. The van der Waals surface area contributed by atoms with Crippen LogP contribution in [0.5, 0.6) is 11.5 Å². The minimum atomic E-state index is -0.364. The number of para-hydroxylation sites is 2. The molecule has 0 bridgehead atoms. The third kappa shape index (κ3) is 5.84. The van der Waals surface area contributed by atoms with Gasteiger partial charge >= 0.3 is 0 Å². The van der Waals surface area contributed by atoms with E-state index in [4.69, 9.17) is 32.7 Å². The highest BCUT2D eigenvalue weighted by Gasteiger charge is 2.20. The first kappa shape index (κ1) is 23.2. The van der Waals surface area contributed by atoms with Crippen molar-refractivity contribution in [1.82, 2.24) is 14.8 Å². The Morgan fingerprint density at radius 1 is 1.19 bits per heavy atom. The first-order valence-corrected chi connectivity index (χ1v) is 11.3. The molecule has 10 heteroatoms. The number of thioether (sulfide) groups is 1. The van der Waals surface area contributed by atoms with Crippen LogP contribution in [0.1, 0.15) is 25.8 Å². The van der Waals surface area contributed by atoms with Gasteiger partial charge in [-0.05, 0) is 44.2 Å². The van der Waals surface area contributed by atoms with Crippen molar-refractivity contribution >= 4 is 46.6 Å². The van der Waals surface area contributed by atoms with Crippen molar-refractivity contribution in [3.05, 3.63) is 58.3 Å². The summed E-state index contributed by atoms with van der Waals surface area (Å²) in [7, 11) is 1.60. The zero-order valence-corrected chi connectivity index (χ0v) is 19.6. The van der Waals surface area contributed by atoms with E-state index >= 15 is 0 Å². The molecular weight excluding hydrogens is 459 g/mol. The van der Waals surface area contributed by atoms with Gasteiger partial charge in [0, 0.05) is 11.6 Å². The molecule has 7 nitrogen and oxygen atoms in total. The smallest absolute Gasteiger partial charge is 0.234 e. The highest BCUT2D eigenvalue weighted by Crippen LogP contribution is 2.31. The summed E-state index contributed by atoms with van der Waals surface area (Å²) < 4.78 is 13.3. The predicted molar refractivity (Wildman–Crippen MR) is 124 cm³/mol. The number of halogens is 2. The van der Waals surface area contributed by atoms with E-state index < -0.39 is 0 Å². The number of aromatic nitrogens is 3. The largest absolute Gasteiger partial charge is 0.493 e. The van der Waals surface area contributed by atoms with E-state index in [0.717, 1.165) is 0 Å². The summed E-state index contributed by atoms with van der Waals surface area (Å²) in [6.07, 6.45) is -0.364. The number of rotatable bonds is 9. The number of amides is 1. The van der Waals surface area contributed by atoms with Crippen LogP contribution in [0.4, 0.5) is 5.69 Å². The Bertz CT molecular complexity index is 1060. The lowest BCUT2D eigenvalue weighted by molar-refractivity contribution is -0.113. The molecule has 1 atom stereocenters. The molecule has 2 aromatic carbocycles. The van der Waals surface area contributed by atoms with Gasteiger partial charge in [0.1, 0.15) is 0 Å². The van der Waals surface area contributed by atoms with E-state index in [2.05, 4.69) is 15.5 Å². The van der Waals surface area contributed by atoms with Gasteiger partial charge < -0.3 is 19.4 Å². The SMILES string of the molecule is CCn1c(SCC(=O)Nc2cc(Cl)ccc2Cl)nnc1C(C)Oc1ccccc1OC. The van der Waals surface area contributed by atoms with E-state index in [1.165, 1.54) is 11.8 Å². The predicted octanol–water partition coefficient (Wildman–Crippen LogP) is 5.48. The molecule has 164 valence electrons. The standard InChI is InChI=1S/C21H22Cl2N4O3S/c1-4-27-20(13(2)30-18-8-6-5-7-17(18)29-3)25-26-21(27)31-12-19(28)24-16-11-14(22)9-10-15(16)23/h5-11,13H,4,12H2,1-3H3,(H,24,28). The topological polar surface area (TPSA) is 78.3 Å². The molecule has 1 aromatic heterocycles. The van der Waals surface area contributed by atoms with Crippen LogP contribution in [-0.4, -0.2) is 33.5 Å². The molecule has 31 heavy (non-hydrogen) atoms. The van der Waals surface area contributed by atoms with Gasteiger partial charge in [0.2, 0.25) is 5.91 Å². The summed E-state index contributed by atoms with van der Waals surface area (Å²) in [5.74, 6) is 1.84. The average molecular weight is 481 g/mol. The fraction of sp³-hybridized carbons (Fsp3) is 0.286. The van der Waals surface area contributed by atoms with Crippen LogP contribution in [0, 0.1) is 0 Å². The number of nitrogens with zero attached hydrogens (tertiary/aromatic N) is 3. The number of hydrogen-bond acceptors (Lipinski definition) is 6. The molecule has 1 N–H and O–H groups in total. The van der Waals surface area contributed by atoms with Crippen LogP contribution in [0.15, 0.2) is 47.6 Å². The lowest BCUT2D eigenvalue weighted by Gasteiger charge is -2.17. The minimum absolute atomic E-state index is 0.142. The summed E-state index contributed by atoms with van der Waals surface area (Å²) in [6, 6.07) is 12.3. The van der Waals surface area contributed by atoms with Crippen LogP contribution in [0.25, 0.3) is 0 Å². The molecule has 3 rings (SSSR count). The molecule has 0 aliphatic rings. The Kier molecular flexibility index (Phi) is 8.06. The van der Waals surface area contributed by atoms with Gasteiger partial charge in [0.15, 0.2) is 28.6 Å². The Morgan fingerprint density at radius 3 is 2.65 bits per heavy atom. The monoisotopic (exact) mass is 480 g/mol. The maximum atomic E-state index is 12.4. The zero-order valence-electron chi connectivity index (χ0n) is 17.3. The van der Waals surface area contributed by atoms with E-state index in [9.17, 15) is 4.79 Å². The lowest BCUT2D eigenvalue weighted by atomic mass is 10.3. The van der Waals surface area contributed by atoms with E-state index in [0.29, 0.717) is 44.8 Å². The summed E-state index contributed by atoms with van der Waals surface area (Å²) in [5.41, 5.74) is 0.469. The molecule has 0 aliphatic carbocycles. The van der Waals surface area contributed by atoms with Gasteiger partial charge in [-0.2, -0.15) is 0 Å². The summed E-state index contributed by atoms with van der Waals surface area (Å²) in [4.78, 5) is 12.4. The maximum absolute atomic E-state index is 12.4. The normalized spacial score (nSPS) is 11.8. The number of hydrogen-bond donors (Lipinski definition) is 1. The van der Waals surface area contributed by atoms with Crippen molar-refractivity contribution in [3.8, 4) is 11.5 Å². The molecule has 0 spiro atoms. The van der Waals surface area contributed by atoms with Gasteiger partial charge in [-0.15, -0.1) is 10.2 Å². The van der Waals surface area contributed by atoms with Crippen molar-refractivity contribution in [2.24, 2.45) is 0 Å². The Balaban J connectivity index is 1.66. The summed E-state index contributed by atoms with van der Waals surface area (Å²) >= 11 is 13.3. The third-order valence-electron chi connectivity index (χ3n) is 4.33. The molecule has 0 radical (unpaired) electrons. The molecule has 1 heterocycles. The Morgan fingerprint density at radius 2 is 1.94 bits per heavy atom. The number of ether oxygens (including phenoxy) is 2. The van der Waals surface area contributed by atoms with Crippen LogP contribution in [0.3, 0.4) is 0 Å². The van der Waals surface area contributed by atoms with Gasteiger partial charge in [-0.3, -0.25) is 4.79 Å². The van der Waals surface area contributed by atoms with E-state index in [1.54, 1.807) is 25.3 Å². The second-order valence-corrected chi connectivity index (χ2v) is 8.24. The number of methoxy groups -OCH3 is 1. The van der Waals surface area contributed by atoms with Crippen molar-refractivity contribution in [2.75, 3.05) is 18.2 Å². The van der Waals surface area contributed by atoms with Crippen molar-refractivity contribution in [3.63, 3.8) is 0 Å². The van der Waals surface area contributed by atoms with Gasteiger partial charge in [0.05, 0.1) is 23.6 Å². The highest BCUT2D eigenvalue weighted by atomic mass is 35.5. The second kappa shape index (κ2) is 10.7. The Hall–Kier alpha value is -2.42. The molecule has 3 aromatic rings. The van der Waals surface area contributed by atoms with Gasteiger partial charge in [-0.25, -0.2) is 0 Å². The minimum Gasteiger partial charge on any atom is -0.493 e. The highest BCUT2D eigenvalue weighted by molar-refractivity contribution is 7.99. The number of anilines is 1. The number of benzene rings is 2. The van der Waals surface area contributed by atoms with E-state index in [1.807, 2.05) is 42.7 Å². The van der Waals surface area contributed by atoms with Crippen molar-refractivity contribution in [1.29, 1.82) is 0 Å². The number of carbonyl (C=O) groups excluding carboxylic acids is 1. The fourth-order valence-corrected chi connectivity index (χ4v) is 4.02. The van der Waals surface area contributed by atoms with Crippen LogP contribution in [-0.2, 0) is 11.3 Å². The molecule has 1 amide bonds. The molecule has 0 aliphatic heterocycles. The van der Waals surface area contributed by atoms with E-state index in [-0.39, 0.29) is 17.8 Å². The summed E-state index contributed by atoms with van der Waals surface area (Å²) in [5, 5.41) is 12.8. The van der Waals surface area contributed by atoms with Crippen molar-refractivity contribution < 1.29 is 14.3 Å². The molecule has 0 saturated carbocycles. The second-order valence-electron chi connectivity index (χ2n) is 6.46. The zero-order chi connectivity index (χ0) is 22.4. The molecule has 0 fully saturated rings. The number of carbonyl (C=O) groups is 1. The molecule has 0 saturated heterocycles. The maximum Gasteiger partial charge on any atom is 0.234 e.